The molecule has 1 aliphatic heterocycles. The normalized spacial score (nSPS) is 15.7. The average molecular weight is 350 g/mol. The number of carbonyl (C=O) groups excluding carboxylic acids is 1. The molecule has 0 atom stereocenters. The Kier molecular flexibility index (Phi) is 4.52. The van der Waals surface area contributed by atoms with Crippen LogP contribution in [-0.4, -0.2) is 31.7 Å². The van der Waals surface area contributed by atoms with Crippen molar-refractivity contribution in [3.63, 3.8) is 0 Å². The summed E-state index contributed by atoms with van der Waals surface area (Å²) < 4.78 is 26.4. The Hall–Kier alpha value is -1.70. The lowest BCUT2D eigenvalue weighted by Crippen LogP contribution is -2.27. The zero-order valence-electron chi connectivity index (χ0n) is 12.8. The molecule has 0 aliphatic carbocycles. The van der Waals surface area contributed by atoms with E-state index in [0.29, 0.717) is 24.3 Å². The first-order valence-electron chi connectivity index (χ1n) is 7.43. The zero-order chi connectivity index (χ0) is 16.4. The molecule has 122 valence electrons. The Balaban J connectivity index is 1.73. The van der Waals surface area contributed by atoms with Crippen LogP contribution in [0, 0.1) is 6.92 Å². The van der Waals surface area contributed by atoms with E-state index in [2.05, 4.69) is 5.32 Å². The molecule has 2 aromatic rings. The molecule has 1 aromatic heterocycles. The summed E-state index contributed by atoms with van der Waals surface area (Å²) in [5.41, 5.74) is 1.19. The van der Waals surface area contributed by atoms with Crippen molar-refractivity contribution in [2.45, 2.75) is 24.7 Å². The Morgan fingerprint density at radius 2 is 1.83 bits per heavy atom. The molecule has 3 rings (SSSR count). The van der Waals surface area contributed by atoms with E-state index in [4.69, 9.17) is 0 Å². The number of aryl methyl sites for hydroxylation is 1. The van der Waals surface area contributed by atoms with Gasteiger partial charge in [0.1, 0.15) is 0 Å². The first kappa shape index (κ1) is 16.2. The van der Waals surface area contributed by atoms with Crippen molar-refractivity contribution in [1.82, 2.24) is 4.31 Å². The van der Waals surface area contributed by atoms with Crippen LogP contribution in [0.3, 0.4) is 0 Å². The Labute approximate surface area is 140 Å². The molecule has 0 spiro atoms. The SMILES string of the molecule is Cc1cc(C(=O)Nc2ccc(S(=O)(=O)N3CCCC3)cc2)cs1. The number of sulfonamides is 1. The van der Waals surface area contributed by atoms with Crippen molar-refractivity contribution in [3.05, 3.63) is 46.2 Å². The summed E-state index contributed by atoms with van der Waals surface area (Å²) in [4.78, 5) is 13.4. The number of rotatable bonds is 4. The predicted octanol–water partition coefficient (Wildman–Crippen LogP) is 3.09. The van der Waals surface area contributed by atoms with Gasteiger partial charge in [0, 0.05) is 29.0 Å². The monoisotopic (exact) mass is 350 g/mol. The summed E-state index contributed by atoms with van der Waals surface area (Å²) in [5, 5.41) is 4.58. The first-order chi connectivity index (χ1) is 11.0. The van der Waals surface area contributed by atoms with Crippen molar-refractivity contribution in [2.75, 3.05) is 18.4 Å². The minimum Gasteiger partial charge on any atom is -0.322 e. The summed E-state index contributed by atoms with van der Waals surface area (Å²) in [6.07, 6.45) is 1.82. The highest BCUT2D eigenvalue weighted by molar-refractivity contribution is 7.89. The molecule has 0 unspecified atom stereocenters. The van der Waals surface area contributed by atoms with Crippen LogP contribution >= 0.6 is 11.3 Å². The van der Waals surface area contributed by atoms with Crippen LogP contribution in [-0.2, 0) is 10.0 Å². The third kappa shape index (κ3) is 3.46. The molecule has 0 radical (unpaired) electrons. The van der Waals surface area contributed by atoms with E-state index in [9.17, 15) is 13.2 Å². The molecule has 1 aliphatic rings. The van der Waals surface area contributed by atoms with Gasteiger partial charge in [-0.1, -0.05) is 0 Å². The van der Waals surface area contributed by atoms with Crippen LogP contribution in [0.1, 0.15) is 28.1 Å². The van der Waals surface area contributed by atoms with Crippen molar-refractivity contribution in [2.24, 2.45) is 0 Å². The minimum absolute atomic E-state index is 0.190. The molecule has 1 N–H and O–H groups in total. The smallest absolute Gasteiger partial charge is 0.256 e. The summed E-state index contributed by atoms with van der Waals surface area (Å²) in [6.45, 7) is 3.11. The fourth-order valence-corrected chi connectivity index (χ4v) is 4.75. The third-order valence-electron chi connectivity index (χ3n) is 3.81. The van der Waals surface area contributed by atoms with Gasteiger partial charge >= 0.3 is 0 Å². The van der Waals surface area contributed by atoms with Crippen LogP contribution < -0.4 is 5.32 Å². The molecule has 7 heteroatoms. The number of nitrogens with one attached hydrogen (secondary N) is 1. The summed E-state index contributed by atoms with van der Waals surface area (Å²) in [7, 11) is -3.41. The number of amides is 1. The average Bonchev–Trinajstić information content (AvgIpc) is 3.19. The van der Waals surface area contributed by atoms with Gasteiger partial charge in [-0.3, -0.25) is 4.79 Å². The van der Waals surface area contributed by atoms with E-state index in [1.54, 1.807) is 29.6 Å². The molecule has 1 amide bonds. The lowest BCUT2D eigenvalue weighted by atomic mass is 10.2. The molecule has 0 saturated carbocycles. The Morgan fingerprint density at radius 1 is 1.17 bits per heavy atom. The molecule has 5 nitrogen and oxygen atoms in total. The highest BCUT2D eigenvalue weighted by Crippen LogP contribution is 2.22. The largest absolute Gasteiger partial charge is 0.322 e. The van der Waals surface area contributed by atoms with E-state index in [1.807, 2.05) is 13.0 Å². The van der Waals surface area contributed by atoms with E-state index < -0.39 is 10.0 Å². The molecule has 23 heavy (non-hydrogen) atoms. The van der Waals surface area contributed by atoms with Gasteiger partial charge in [0.2, 0.25) is 10.0 Å². The molecule has 1 aromatic carbocycles. The van der Waals surface area contributed by atoms with Crippen LogP contribution in [0.15, 0.2) is 40.6 Å². The second-order valence-corrected chi connectivity index (χ2v) is 8.59. The number of thiophene rings is 1. The summed E-state index contributed by atoms with van der Waals surface area (Å²) in [6, 6.07) is 8.16. The molecule has 1 fully saturated rings. The van der Waals surface area contributed by atoms with Gasteiger partial charge in [-0.05, 0) is 50.1 Å². The number of carbonyl (C=O) groups is 1. The quantitative estimate of drug-likeness (QED) is 0.921. The second-order valence-electron chi connectivity index (χ2n) is 5.54. The van der Waals surface area contributed by atoms with Gasteiger partial charge in [0.25, 0.3) is 5.91 Å². The minimum atomic E-state index is -3.41. The van der Waals surface area contributed by atoms with E-state index in [-0.39, 0.29) is 10.8 Å². The topological polar surface area (TPSA) is 66.5 Å². The summed E-state index contributed by atoms with van der Waals surface area (Å²) in [5.74, 6) is -0.190. The van der Waals surface area contributed by atoms with Crippen LogP contribution in [0.25, 0.3) is 0 Å². The molecule has 1 saturated heterocycles. The Bertz CT molecular complexity index is 804. The number of benzene rings is 1. The lowest BCUT2D eigenvalue weighted by Gasteiger charge is -2.15. The van der Waals surface area contributed by atoms with Crippen LogP contribution in [0.5, 0.6) is 0 Å². The highest BCUT2D eigenvalue weighted by Gasteiger charge is 2.26. The van der Waals surface area contributed by atoms with Gasteiger partial charge < -0.3 is 5.32 Å². The van der Waals surface area contributed by atoms with Crippen LogP contribution in [0.2, 0.25) is 0 Å². The van der Waals surface area contributed by atoms with Gasteiger partial charge in [0.15, 0.2) is 0 Å². The van der Waals surface area contributed by atoms with Crippen molar-refractivity contribution in [3.8, 4) is 0 Å². The highest BCUT2D eigenvalue weighted by atomic mass is 32.2. The molecule has 0 bridgehead atoms. The maximum atomic E-state index is 12.4. The van der Waals surface area contributed by atoms with Crippen molar-refractivity contribution in [1.29, 1.82) is 0 Å². The van der Waals surface area contributed by atoms with Crippen molar-refractivity contribution < 1.29 is 13.2 Å². The third-order valence-corrected chi connectivity index (χ3v) is 6.58. The number of anilines is 1. The van der Waals surface area contributed by atoms with Gasteiger partial charge in [-0.15, -0.1) is 11.3 Å². The first-order valence-corrected chi connectivity index (χ1v) is 9.75. The fourth-order valence-electron chi connectivity index (χ4n) is 2.55. The van der Waals surface area contributed by atoms with Crippen molar-refractivity contribution >= 4 is 33.0 Å². The maximum Gasteiger partial charge on any atom is 0.256 e. The lowest BCUT2D eigenvalue weighted by molar-refractivity contribution is 0.102. The van der Waals surface area contributed by atoms with Gasteiger partial charge in [-0.2, -0.15) is 4.31 Å². The molecular weight excluding hydrogens is 332 g/mol. The van der Waals surface area contributed by atoms with Crippen LogP contribution in [0.4, 0.5) is 5.69 Å². The number of hydrogen-bond acceptors (Lipinski definition) is 4. The molecule has 2 heterocycles. The van der Waals surface area contributed by atoms with Gasteiger partial charge in [-0.25, -0.2) is 8.42 Å². The Morgan fingerprint density at radius 3 is 2.39 bits per heavy atom. The van der Waals surface area contributed by atoms with E-state index in [1.165, 1.54) is 15.6 Å². The zero-order valence-corrected chi connectivity index (χ0v) is 14.4. The molecular formula is C16H18N2O3S2. The second kappa shape index (κ2) is 6.43. The van der Waals surface area contributed by atoms with E-state index >= 15 is 0 Å². The van der Waals surface area contributed by atoms with Gasteiger partial charge in [0.05, 0.1) is 10.5 Å². The standard InChI is InChI=1S/C16H18N2O3S2/c1-12-10-13(11-22-12)16(19)17-14-4-6-15(7-5-14)23(20,21)18-8-2-3-9-18/h4-7,10-11H,2-3,8-9H2,1H3,(H,17,19). The van der Waals surface area contributed by atoms with E-state index in [0.717, 1.165) is 17.7 Å². The predicted molar refractivity (Wildman–Crippen MR) is 91.4 cm³/mol. The maximum absolute atomic E-state index is 12.4. The number of hydrogen-bond donors (Lipinski definition) is 1. The number of nitrogens with zero attached hydrogens (tertiary/aromatic N) is 1. The fraction of sp³-hybridized carbons (Fsp3) is 0.312. The summed E-state index contributed by atoms with van der Waals surface area (Å²) >= 11 is 1.52.